The Morgan fingerprint density at radius 2 is 1.89 bits per heavy atom. The minimum absolute atomic E-state index is 0.0132. The number of piperidine rings is 1. The topological polar surface area (TPSA) is 49.4 Å². The maximum Gasteiger partial charge on any atom is 0.255 e. The van der Waals surface area contributed by atoms with Gasteiger partial charge in [0.25, 0.3) is 11.8 Å². The highest BCUT2D eigenvalue weighted by atomic mass is 35.5. The van der Waals surface area contributed by atoms with Crippen LogP contribution in [0, 0.1) is 19.8 Å². The average molecular weight is 385 g/mol. The third kappa shape index (κ3) is 4.51. The van der Waals surface area contributed by atoms with E-state index in [0.717, 1.165) is 37.1 Å². The highest BCUT2D eigenvalue weighted by Crippen LogP contribution is 2.28. The number of nitrogens with zero attached hydrogens (tertiary/aromatic N) is 1. The zero-order valence-corrected chi connectivity index (χ0v) is 16.8. The lowest BCUT2D eigenvalue weighted by Gasteiger charge is -2.31. The van der Waals surface area contributed by atoms with Gasteiger partial charge in [0.15, 0.2) is 0 Å². The average Bonchev–Trinajstić information content (AvgIpc) is 2.64. The van der Waals surface area contributed by atoms with Crippen LogP contribution >= 0.6 is 11.6 Å². The summed E-state index contributed by atoms with van der Waals surface area (Å²) < 4.78 is 0. The number of rotatable bonds is 3. The first-order valence-corrected chi connectivity index (χ1v) is 9.70. The summed E-state index contributed by atoms with van der Waals surface area (Å²) in [6.07, 6.45) is 2.18. The SMILES string of the molecule is Cc1cc(C)c(NC(=O)c2cccc(C(=O)N3CCCC(C)C3)c2)c(Cl)c1. The number of aryl methyl sites for hydroxylation is 2. The summed E-state index contributed by atoms with van der Waals surface area (Å²) in [4.78, 5) is 27.4. The number of benzene rings is 2. The number of amides is 2. The van der Waals surface area contributed by atoms with E-state index in [9.17, 15) is 9.59 Å². The molecule has 4 nitrogen and oxygen atoms in total. The van der Waals surface area contributed by atoms with E-state index in [2.05, 4.69) is 12.2 Å². The van der Waals surface area contributed by atoms with E-state index >= 15 is 0 Å². The van der Waals surface area contributed by atoms with Gasteiger partial charge in [-0.3, -0.25) is 9.59 Å². The maximum absolute atomic E-state index is 12.8. The first-order chi connectivity index (χ1) is 12.8. The fraction of sp³-hybridized carbons (Fsp3) is 0.364. The number of nitrogens with one attached hydrogen (secondary N) is 1. The van der Waals surface area contributed by atoms with Gasteiger partial charge in [0, 0.05) is 24.2 Å². The standard InChI is InChI=1S/C22H25ClN2O2/c1-14-6-5-9-25(13-14)22(27)18-8-4-7-17(12-18)21(26)24-20-16(3)10-15(2)11-19(20)23/h4,7-8,10-12,14H,5-6,9,13H2,1-3H3,(H,24,26). The van der Waals surface area contributed by atoms with Crippen LogP contribution < -0.4 is 5.32 Å². The molecule has 0 aromatic heterocycles. The Kier molecular flexibility index (Phi) is 5.85. The van der Waals surface area contributed by atoms with Crippen molar-refractivity contribution in [1.82, 2.24) is 4.90 Å². The van der Waals surface area contributed by atoms with E-state index in [1.54, 1.807) is 24.3 Å². The fourth-order valence-electron chi connectivity index (χ4n) is 3.61. The van der Waals surface area contributed by atoms with E-state index in [1.165, 1.54) is 0 Å². The molecule has 0 radical (unpaired) electrons. The van der Waals surface area contributed by atoms with E-state index in [-0.39, 0.29) is 11.8 Å². The molecule has 2 aromatic rings. The molecule has 0 bridgehead atoms. The molecule has 27 heavy (non-hydrogen) atoms. The number of hydrogen-bond acceptors (Lipinski definition) is 2. The summed E-state index contributed by atoms with van der Waals surface area (Å²) in [5, 5.41) is 3.39. The van der Waals surface area contributed by atoms with Gasteiger partial charge in [-0.2, -0.15) is 0 Å². The third-order valence-electron chi connectivity index (χ3n) is 4.99. The molecule has 0 aliphatic carbocycles. The second-order valence-electron chi connectivity index (χ2n) is 7.47. The van der Waals surface area contributed by atoms with Gasteiger partial charge < -0.3 is 10.2 Å². The number of likely N-dealkylation sites (tertiary alicyclic amines) is 1. The van der Waals surface area contributed by atoms with Crippen LogP contribution in [0.2, 0.25) is 5.02 Å². The van der Waals surface area contributed by atoms with Crippen molar-refractivity contribution in [2.45, 2.75) is 33.6 Å². The van der Waals surface area contributed by atoms with Crippen LogP contribution in [0.15, 0.2) is 36.4 Å². The molecule has 3 rings (SSSR count). The monoisotopic (exact) mass is 384 g/mol. The lowest BCUT2D eigenvalue weighted by atomic mass is 9.99. The molecular weight excluding hydrogens is 360 g/mol. The molecule has 0 spiro atoms. The molecule has 1 unspecified atom stereocenters. The van der Waals surface area contributed by atoms with Crippen molar-refractivity contribution in [1.29, 1.82) is 0 Å². The quantitative estimate of drug-likeness (QED) is 0.802. The van der Waals surface area contributed by atoms with E-state index in [1.807, 2.05) is 30.9 Å². The Morgan fingerprint density at radius 3 is 2.59 bits per heavy atom. The van der Waals surface area contributed by atoms with E-state index in [4.69, 9.17) is 11.6 Å². The van der Waals surface area contributed by atoms with Crippen LogP contribution in [0.1, 0.15) is 51.6 Å². The molecule has 1 aliphatic rings. The number of halogens is 1. The van der Waals surface area contributed by atoms with Crippen molar-refractivity contribution in [3.05, 3.63) is 63.7 Å². The van der Waals surface area contributed by atoms with Crippen molar-refractivity contribution in [2.75, 3.05) is 18.4 Å². The molecule has 1 saturated heterocycles. The van der Waals surface area contributed by atoms with Crippen molar-refractivity contribution in [2.24, 2.45) is 5.92 Å². The van der Waals surface area contributed by atoms with Crippen LogP contribution in [0.25, 0.3) is 0 Å². The van der Waals surface area contributed by atoms with Crippen LogP contribution in [-0.4, -0.2) is 29.8 Å². The second-order valence-corrected chi connectivity index (χ2v) is 7.88. The van der Waals surface area contributed by atoms with Gasteiger partial charge in [-0.15, -0.1) is 0 Å². The molecule has 2 aromatic carbocycles. The number of hydrogen-bond donors (Lipinski definition) is 1. The molecule has 1 fully saturated rings. The molecule has 1 heterocycles. The fourth-order valence-corrected chi connectivity index (χ4v) is 3.98. The van der Waals surface area contributed by atoms with Crippen molar-refractivity contribution in [3.63, 3.8) is 0 Å². The summed E-state index contributed by atoms with van der Waals surface area (Å²) in [6, 6.07) is 10.7. The smallest absolute Gasteiger partial charge is 0.255 e. The third-order valence-corrected chi connectivity index (χ3v) is 5.28. The molecule has 5 heteroatoms. The lowest BCUT2D eigenvalue weighted by molar-refractivity contribution is 0.0683. The van der Waals surface area contributed by atoms with Crippen molar-refractivity contribution >= 4 is 29.1 Å². The Labute approximate surface area is 165 Å². The molecule has 1 atom stereocenters. The van der Waals surface area contributed by atoms with E-state index in [0.29, 0.717) is 27.8 Å². The van der Waals surface area contributed by atoms with E-state index < -0.39 is 0 Å². The van der Waals surface area contributed by atoms with Crippen molar-refractivity contribution in [3.8, 4) is 0 Å². The van der Waals surface area contributed by atoms with Crippen LogP contribution in [0.4, 0.5) is 5.69 Å². The summed E-state index contributed by atoms with van der Waals surface area (Å²) >= 11 is 6.29. The zero-order chi connectivity index (χ0) is 19.6. The first kappa shape index (κ1) is 19.4. The number of anilines is 1. The van der Waals surface area contributed by atoms with Crippen molar-refractivity contribution < 1.29 is 9.59 Å². The number of carbonyl (C=O) groups excluding carboxylic acids is 2. The number of carbonyl (C=O) groups is 2. The Balaban J connectivity index is 1.79. The predicted octanol–water partition coefficient (Wildman–Crippen LogP) is 5.08. The Morgan fingerprint density at radius 1 is 1.15 bits per heavy atom. The van der Waals surface area contributed by atoms with Gasteiger partial charge in [0.1, 0.15) is 0 Å². The van der Waals surface area contributed by atoms with Gasteiger partial charge in [0.2, 0.25) is 0 Å². The molecule has 142 valence electrons. The van der Waals surface area contributed by atoms with Gasteiger partial charge in [-0.1, -0.05) is 30.7 Å². The summed E-state index contributed by atoms with van der Waals surface area (Å²) in [7, 11) is 0. The van der Waals surface area contributed by atoms with Crippen LogP contribution in [0.5, 0.6) is 0 Å². The molecule has 0 saturated carbocycles. The van der Waals surface area contributed by atoms with Gasteiger partial charge >= 0.3 is 0 Å². The minimum atomic E-state index is -0.273. The normalized spacial score (nSPS) is 16.9. The molecular formula is C22H25ClN2O2. The minimum Gasteiger partial charge on any atom is -0.338 e. The van der Waals surface area contributed by atoms with Crippen LogP contribution in [-0.2, 0) is 0 Å². The Hall–Kier alpha value is -2.33. The maximum atomic E-state index is 12.8. The summed E-state index contributed by atoms with van der Waals surface area (Å²) in [6.45, 7) is 7.58. The second kappa shape index (κ2) is 8.13. The van der Waals surface area contributed by atoms with Crippen LogP contribution in [0.3, 0.4) is 0 Å². The highest BCUT2D eigenvalue weighted by Gasteiger charge is 2.22. The summed E-state index contributed by atoms with van der Waals surface area (Å²) in [5.41, 5.74) is 3.54. The Bertz CT molecular complexity index is 855. The lowest BCUT2D eigenvalue weighted by Crippen LogP contribution is -2.39. The first-order valence-electron chi connectivity index (χ1n) is 9.32. The molecule has 1 N–H and O–H groups in total. The largest absolute Gasteiger partial charge is 0.338 e. The zero-order valence-electron chi connectivity index (χ0n) is 16.0. The molecule has 2 amide bonds. The van der Waals surface area contributed by atoms with Gasteiger partial charge in [-0.05, 0) is 68.0 Å². The summed E-state index contributed by atoms with van der Waals surface area (Å²) in [5.74, 6) is 0.229. The van der Waals surface area contributed by atoms with Gasteiger partial charge in [-0.25, -0.2) is 0 Å². The molecule has 1 aliphatic heterocycles. The highest BCUT2D eigenvalue weighted by molar-refractivity contribution is 6.34. The van der Waals surface area contributed by atoms with Gasteiger partial charge in [0.05, 0.1) is 10.7 Å². The predicted molar refractivity (Wildman–Crippen MR) is 110 cm³/mol.